The second-order valence-corrected chi connectivity index (χ2v) is 8.56. The first-order valence-corrected chi connectivity index (χ1v) is 11.4. The Hall–Kier alpha value is -3.95. The second-order valence-electron chi connectivity index (χ2n) is 8.56. The molecule has 0 radical (unpaired) electrons. The van der Waals surface area contributed by atoms with Crippen molar-refractivity contribution in [3.05, 3.63) is 68.5 Å². The highest BCUT2D eigenvalue weighted by atomic mass is 19.1. The van der Waals surface area contributed by atoms with Gasteiger partial charge in [-0.2, -0.15) is 0 Å². The number of halogens is 1. The molecule has 2 heterocycles. The number of fused-ring (bicyclic) bond motifs is 1. The summed E-state index contributed by atoms with van der Waals surface area (Å²) in [5.41, 5.74) is 1.02. The van der Waals surface area contributed by atoms with Crippen molar-refractivity contribution in [1.29, 1.82) is 0 Å². The number of aryl methyl sites for hydroxylation is 2. The average molecular weight is 483 g/mol. The number of benzene rings is 2. The molecular weight excluding hydrogens is 455 g/mol. The Labute approximate surface area is 200 Å². The molecule has 2 aromatic carbocycles. The molecule has 1 amide bonds. The molecule has 35 heavy (non-hydrogen) atoms. The maximum atomic E-state index is 13.3. The smallest absolute Gasteiger partial charge is 0.316 e. The molecule has 0 bridgehead atoms. The third-order valence-corrected chi connectivity index (χ3v) is 6.42. The number of nitrogens with zero attached hydrogens (tertiary/aromatic N) is 3. The number of hydrogen-bond acceptors (Lipinski definition) is 6. The van der Waals surface area contributed by atoms with Crippen LogP contribution in [0.4, 0.5) is 15.8 Å². The molecule has 1 fully saturated rings. The van der Waals surface area contributed by atoms with Crippen LogP contribution in [0.1, 0.15) is 30.1 Å². The van der Waals surface area contributed by atoms with E-state index in [4.69, 9.17) is 4.74 Å². The number of piperidine rings is 1. The van der Waals surface area contributed by atoms with Crippen LogP contribution < -0.4 is 21.3 Å². The zero-order valence-corrected chi connectivity index (χ0v) is 19.8. The molecule has 1 aliphatic heterocycles. The molecule has 0 unspecified atom stereocenters. The fourth-order valence-electron chi connectivity index (χ4n) is 4.38. The molecular formula is C25H27FN4O5. The lowest BCUT2D eigenvalue weighted by molar-refractivity contribution is -0.148. The van der Waals surface area contributed by atoms with Crippen LogP contribution >= 0.6 is 0 Å². The first kappa shape index (κ1) is 24.2. The molecule has 184 valence electrons. The minimum Gasteiger partial charge on any atom is -0.466 e. The van der Waals surface area contributed by atoms with Crippen LogP contribution in [0, 0.1) is 11.7 Å². The minimum absolute atomic E-state index is 0.200. The van der Waals surface area contributed by atoms with E-state index in [1.807, 2.05) is 4.90 Å². The first-order chi connectivity index (χ1) is 16.7. The standard InChI is InChI=1S/C25H27FN4O5/c1-4-35-25(34)16-9-11-30(12-10-16)19-14-21-20(28(2)23(32)24(33)29(21)3)13-18(19)27-22(31)15-5-7-17(26)8-6-15/h5-8,13-14,16H,4,9-12H2,1-3H3,(H,27,31). The van der Waals surface area contributed by atoms with Gasteiger partial charge in [0, 0.05) is 32.7 Å². The summed E-state index contributed by atoms with van der Waals surface area (Å²) in [5.74, 6) is -1.31. The molecule has 0 atom stereocenters. The number of nitrogens with one attached hydrogen (secondary N) is 1. The number of amides is 1. The van der Waals surface area contributed by atoms with Gasteiger partial charge in [0.15, 0.2) is 0 Å². The number of hydrogen-bond donors (Lipinski definition) is 1. The van der Waals surface area contributed by atoms with E-state index in [0.29, 0.717) is 54.9 Å². The van der Waals surface area contributed by atoms with Crippen molar-refractivity contribution in [2.75, 3.05) is 29.9 Å². The molecule has 1 aliphatic rings. The van der Waals surface area contributed by atoms with E-state index < -0.39 is 22.8 Å². The fourth-order valence-corrected chi connectivity index (χ4v) is 4.38. The van der Waals surface area contributed by atoms with E-state index in [1.165, 1.54) is 47.5 Å². The molecule has 0 spiro atoms. The van der Waals surface area contributed by atoms with Gasteiger partial charge < -0.3 is 24.1 Å². The Morgan fingerprint density at radius 3 is 2.14 bits per heavy atom. The predicted molar refractivity (Wildman–Crippen MR) is 130 cm³/mol. The molecule has 1 saturated heterocycles. The van der Waals surface area contributed by atoms with Crippen LogP contribution in [-0.4, -0.2) is 40.7 Å². The monoisotopic (exact) mass is 482 g/mol. The minimum atomic E-state index is -0.682. The molecule has 1 aromatic heterocycles. The van der Waals surface area contributed by atoms with Gasteiger partial charge in [-0.05, 0) is 56.2 Å². The summed E-state index contributed by atoms with van der Waals surface area (Å²) >= 11 is 0. The topological polar surface area (TPSA) is 103 Å². The van der Waals surface area contributed by atoms with E-state index >= 15 is 0 Å². The highest BCUT2D eigenvalue weighted by Gasteiger charge is 2.28. The van der Waals surface area contributed by atoms with Crippen molar-refractivity contribution in [3.8, 4) is 0 Å². The predicted octanol–water partition coefficient (Wildman–Crippen LogP) is 2.41. The van der Waals surface area contributed by atoms with E-state index in [2.05, 4.69) is 5.32 Å². The van der Waals surface area contributed by atoms with Crippen LogP contribution in [-0.2, 0) is 23.6 Å². The van der Waals surface area contributed by atoms with Crippen LogP contribution in [0.5, 0.6) is 0 Å². The summed E-state index contributed by atoms with van der Waals surface area (Å²) in [6, 6.07) is 8.60. The van der Waals surface area contributed by atoms with Crippen LogP contribution in [0.3, 0.4) is 0 Å². The maximum Gasteiger partial charge on any atom is 0.316 e. The average Bonchev–Trinajstić information content (AvgIpc) is 2.86. The van der Waals surface area contributed by atoms with E-state index in [1.54, 1.807) is 19.1 Å². The van der Waals surface area contributed by atoms with Gasteiger partial charge in [-0.1, -0.05) is 0 Å². The molecule has 0 aliphatic carbocycles. The SMILES string of the molecule is CCOC(=O)C1CCN(c2cc3c(cc2NC(=O)c2ccc(F)cc2)n(C)c(=O)c(=O)n3C)CC1. The molecule has 3 aromatic rings. The second kappa shape index (κ2) is 9.73. The van der Waals surface area contributed by atoms with Gasteiger partial charge in [0.05, 0.1) is 34.9 Å². The third-order valence-electron chi connectivity index (χ3n) is 6.42. The van der Waals surface area contributed by atoms with Gasteiger partial charge in [-0.3, -0.25) is 19.2 Å². The number of anilines is 2. The van der Waals surface area contributed by atoms with Crippen LogP contribution in [0.15, 0.2) is 46.0 Å². The highest BCUT2D eigenvalue weighted by molar-refractivity contribution is 6.07. The normalized spacial score (nSPS) is 14.2. The lowest BCUT2D eigenvalue weighted by atomic mass is 9.96. The Kier molecular flexibility index (Phi) is 6.72. The van der Waals surface area contributed by atoms with Gasteiger partial charge >= 0.3 is 17.1 Å². The molecule has 9 nitrogen and oxygen atoms in total. The lowest BCUT2D eigenvalue weighted by Crippen LogP contribution is -2.40. The Morgan fingerprint density at radius 1 is 1.00 bits per heavy atom. The van der Waals surface area contributed by atoms with E-state index in [9.17, 15) is 23.6 Å². The highest BCUT2D eigenvalue weighted by Crippen LogP contribution is 2.34. The lowest BCUT2D eigenvalue weighted by Gasteiger charge is -2.34. The summed E-state index contributed by atoms with van der Waals surface area (Å²) in [6.45, 7) is 3.17. The van der Waals surface area contributed by atoms with E-state index in [-0.39, 0.29) is 17.5 Å². The van der Waals surface area contributed by atoms with Crippen LogP contribution in [0.2, 0.25) is 0 Å². The Morgan fingerprint density at radius 2 is 1.57 bits per heavy atom. The Bertz CT molecular complexity index is 1400. The number of esters is 1. The number of carbonyl (C=O) groups excluding carboxylic acids is 2. The van der Waals surface area contributed by atoms with Crippen LogP contribution in [0.25, 0.3) is 11.0 Å². The van der Waals surface area contributed by atoms with Crippen molar-refractivity contribution in [1.82, 2.24) is 9.13 Å². The number of carbonyl (C=O) groups is 2. The van der Waals surface area contributed by atoms with Gasteiger partial charge in [0.25, 0.3) is 5.91 Å². The maximum absolute atomic E-state index is 13.3. The van der Waals surface area contributed by atoms with Crippen molar-refractivity contribution < 1.29 is 18.7 Å². The first-order valence-electron chi connectivity index (χ1n) is 11.4. The summed E-state index contributed by atoms with van der Waals surface area (Å²) < 4.78 is 21.0. The largest absolute Gasteiger partial charge is 0.466 e. The zero-order valence-electron chi connectivity index (χ0n) is 19.8. The van der Waals surface area contributed by atoms with Crippen molar-refractivity contribution >= 4 is 34.3 Å². The van der Waals surface area contributed by atoms with Crippen molar-refractivity contribution in [2.45, 2.75) is 19.8 Å². The summed E-state index contributed by atoms with van der Waals surface area (Å²) in [6.07, 6.45) is 1.16. The molecule has 10 heteroatoms. The Balaban J connectivity index is 1.76. The van der Waals surface area contributed by atoms with E-state index in [0.717, 1.165) is 0 Å². The summed E-state index contributed by atoms with van der Waals surface area (Å²) in [5, 5.41) is 2.87. The number of aromatic nitrogens is 2. The van der Waals surface area contributed by atoms with Crippen molar-refractivity contribution in [3.63, 3.8) is 0 Å². The summed E-state index contributed by atoms with van der Waals surface area (Å²) in [4.78, 5) is 51.9. The molecule has 1 N–H and O–H groups in total. The molecule has 4 rings (SSSR count). The zero-order chi connectivity index (χ0) is 25.3. The van der Waals surface area contributed by atoms with Gasteiger partial charge in [0.2, 0.25) is 0 Å². The quantitative estimate of drug-likeness (QED) is 0.443. The third kappa shape index (κ3) is 4.68. The molecule has 0 saturated carbocycles. The summed E-state index contributed by atoms with van der Waals surface area (Å²) in [7, 11) is 3.03. The number of ether oxygens (including phenoxy) is 1. The van der Waals surface area contributed by atoms with Crippen molar-refractivity contribution in [2.24, 2.45) is 20.0 Å². The fraction of sp³-hybridized carbons (Fsp3) is 0.360. The number of rotatable bonds is 5. The van der Waals surface area contributed by atoms with Gasteiger partial charge in [-0.15, -0.1) is 0 Å². The van der Waals surface area contributed by atoms with Gasteiger partial charge in [0.1, 0.15) is 5.82 Å². The van der Waals surface area contributed by atoms with Gasteiger partial charge in [-0.25, -0.2) is 4.39 Å².